The number of nitrogens with one attached hydrogen (secondary N) is 1. The van der Waals surface area contributed by atoms with Crippen LogP contribution in [-0.4, -0.2) is 19.2 Å². The third-order valence-electron chi connectivity index (χ3n) is 3.58. The van der Waals surface area contributed by atoms with Crippen molar-refractivity contribution in [3.05, 3.63) is 59.5 Å². The van der Waals surface area contributed by atoms with Gasteiger partial charge in [-0.3, -0.25) is 0 Å². The summed E-state index contributed by atoms with van der Waals surface area (Å²) in [5.41, 5.74) is 1.06. The highest BCUT2D eigenvalue weighted by Crippen LogP contribution is 2.28. The Labute approximate surface area is 150 Å². The van der Waals surface area contributed by atoms with E-state index >= 15 is 0 Å². The molecule has 0 radical (unpaired) electrons. The molecule has 0 unspecified atom stereocenters. The minimum Gasteiger partial charge on any atom is -0.493 e. The number of methoxy groups -OCH3 is 2. The molecule has 0 spiro atoms. The van der Waals surface area contributed by atoms with E-state index in [4.69, 9.17) is 18.3 Å². The first-order valence-electron chi connectivity index (χ1n) is 7.80. The van der Waals surface area contributed by atoms with Gasteiger partial charge in [0.25, 0.3) is 0 Å². The van der Waals surface area contributed by atoms with Crippen molar-refractivity contribution in [1.29, 1.82) is 5.26 Å². The van der Waals surface area contributed by atoms with Crippen molar-refractivity contribution >= 4 is 18.0 Å². The minimum absolute atomic E-state index is 0.184. The van der Waals surface area contributed by atoms with Crippen LogP contribution in [0.2, 0.25) is 0 Å². The van der Waals surface area contributed by atoms with Crippen LogP contribution >= 0.6 is 0 Å². The first-order chi connectivity index (χ1) is 12.7. The number of furan rings is 1. The smallest absolute Gasteiger partial charge is 0.232 e. The van der Waals surface area contributed by atoms with E-state index in [1.54, 1.807) is 32.6 Å². The minimum atomic E-state index is 0.184. The standard InChI is InChI=1S/C19H17N3O4/c1-23-16-7-5-13(10-17(16)24-2)6-8-18-22-15(11-20)19(26-18)21-12-14-4-3-9-25-14/h3-10,21H,12H2,1-2H3/b8-6+. The van der Waals surface area contributed by atoms with Crippen molar-refractivity contribution in [2.45, 2.75) is 6.54 Å². The van der Waals surface area contributed by atoms with E-state index in [9.17, 15) is 5.26 Å². The molecule has 7 heteroatoms. The molecular formula is C19H17N3O4. The second-order valence-corrected chi connectivity index (χ2v) is 5.22. The summed E-state index contributed by atoms with van der Waals surface area (Å²) in [5.74, 6) is 2.62. The van der Waals surface area contributed by atoms with Crippen LogP contribution in [0.25, 0.3) is 12.2 Å². The van der Waals surface area contributed by atoms with E-state index in [0.717, 1.165) is 11.3 Å². The molecule has 7 nitrogen and oxygen atoms in total. The van der Waals surface area contributed by atoms with Crippen LogP contribution in [0.3, 0.4) is 0 Å². The summed E-state index contributed by atoms with van der Waals surface area (Å²) in [6, 6.07) is 11.1. The molecule has 132 valence electrons. The van der Waals surface area contributed by atoms with Crippen molar-refractivity contribution < 1.29 is 18.3 Å². The number of benzene rings is 1. The molecule has 0 aliphatic heterocycles. The van der Waals surface area contributed by atoms with Gasteiger partial charge < -0.3 is 23.6 Å². The fourth-order valence-corrected chi connectivity index (χ4v) is 2.31. The van der Waals surface area contributed by atoms with Crippen molar-refractivity contribution in [2.24, 2.45) is 0 Å². The molecule has 1 N–H and O–H groups in total. The SMILES string of the molecule is COc1ccc(/C=C/c2nc(C#N)c(NCc3ccco3)o2)cc1OC. The van der Waals surface area contributed by atoms with E-state index in [1.165, 1.54) is 0 Å². The Morgan fingerprint density at radius 3 is 2.73 bits per heavy atom. The number of nitriles is 1. The lowest BCUT2D eigenvalue weighted by atomic mass is 10.2. The maximum atomic E-state index is 9.21. The highest BCUT2D eigenvalue weighted by atomic mass is 16.5. The van der Waals surface area contributed by atoms with Crippen molar-refractivity contribution in [1.82, 2.24) is 4.98 Å². The monoisotopic (exact) mass is 351 g/mol. The Morgan fingerprint density at radius 1 is 1.19 bits per heavy atom. The first-order valence-corrected chi connectivity index (χ1v) is 7.80. The molecule has 0 aliphatic rings. The summed E-state index contributed by atoms with van der Waals surface area (Å²) in [6.07, 6.45) is 5.07. The quantitative estimate of drug-likeness (QED) is 0.689. The second kappa shape index (κ2) is 7.94. The van der Waals surface area contributed by atoms with Crippen LogP contribution in [0.15, 0.2) is 45.4 Å². The number of rotatable bonds is 7. The van der Waals surface area contributed by atoms with Gasteiger partial charge >= 0.3 is 0 Å². The zero-order chi connectivity index (χ0) is 18.4. The number of hydrogen-bond acceptors (Lipinski definition) is 7. The van der Waals surface area contributed by atoms with Crippen molar-refractivity contribution in [2.75, 3.05) is 19.5 Å². The summed E-state index contributed by atoms with van der Waals surface area (Å²) >= 11 is 0. The maximum absolute atomic E-state index is 9.21. The van der Waals surface area contributed by atoms with Crippen LogP contribution in [0.1, 0.15) is 22.9 Å². The predicted octanol–water partition coefficient (Wildman–Crippen LogP) is 3.94. The third kappa shape index (κ3) is 3.87. The summed E-state index contributed by atoms with van der Waals surface area (Å²) < 4.78 is 21.3. The number of ether oxygens (including phenoxy) is 2. The largest absolute Gasteiger partial charge is 0.493 e. The Balaban J connectivity index is 1.75. The Morgan fingerprint density at radius 2 is 2.04 bits per heavy atom. The zero-order valence-electron chi connectivity index (χ0n) is 14.4. The molecule has 3 rings (SSSR count). The molecule has 0 bridgehead atoms. The second-order valence-electron chi connectivity index (χ2n) is 5.22. The molecule has 0 fully saturated rings. The van der Waals surface area contributed by atoms with Crippen molar-refractivity contribution in [3.8, 4) is 17.6 Å². The van der Waals surface area contributed by atoms with Gasteiger partial charge in [-0.25, -0.2) is 0 Å². The van der Waals surface area contributed by atoms with Crippen LogP contribution in [0, 0.1) is 11.3 Å². The van der Waals surface area contributed by atoms with Gasteiger partial charge in [0.05, 0.1) is 27.0 Å². The molecule has 1 aromatic carbocycles. The van der Waals surface area contributed by atoms with Crippen LogP contribution in [-0.2, 0) is 6.54 Å². The van der Waals surface area contributed by atoms with Gasteiger partial charge in [-0.15, -0.1) is 0 Å². The predicted molar refractivity (Wildman–Crippen MR) is 95.7 cm³/mol. The molecule has 0 aliphatic carbocycles. The number of nitrogens with zero attached hydrogens (tertiary/aromatic N) is 2. The number of anilines is 1. The zero-order valence-corrected chi connectivity index (χ0v) is 14.4. The van der Waals surface area contributed by atoms with Gasteiger partial charge in [-0.05, 0) is 35.9 Å². The molecule has 0 amide bonds. The Kier molecular flexibility index (Phi) is 5.25. The molecule has 0 saturated heterocycles. The van der Waals surface area contributed by atoms with Gasteiger partial charge in [0.15, 0.2) is 11.5 Å². The van der Waals surface area contributed by atoms with E-state index in [2.05, 4.69) is 10.3 Å². The fourth-order valence-electron chi connectivity index (χ4n) is 2.31. The van der Waals surface area contributed by atoms with E-state index < -0.39 is 0 Å². The summed E-state index contributed by atoms with van der Waals surface area (Å²) in [7, 11) is 3.16. The Hall–Kier alpha value is -3.66. The molecule has 0 saturated carbocycles. The van der Waals surface area contributed by atoms with E-state index in [0.29, 0.717) is 29.8 Å². The number of aromatic nitrogens is 1. The molecule has 0 atom stereocenters. The molecular weight excluding hydrogens is 334 g/mol. The average Bonchev–Trinajstić information content (AvgIpc) is 3.33. The lowest BCUT2D eigenvalue weighted by Crippen LogP contribution is -1.98. The third-order valence-corrected chi connectivity index (χ3v) is 3.58. The topological polar surface area (TPSA) is 93.5 Å². The van der Waals surface area contributed by atoms with Gasteiger partial charge in [0, 0.05) is 6.08 Å². The van der Waals surface area contributed by atoms with E-state index in [1.807, 2.05) is 36.4 Å². The lowest BCUT2D eigenvalue weighted by Gasteiger charge is -2.07. The summed E-state index contributed by atoms with van der Waals surface area (Å²) in [4.78, 5) is 4.16. The molecule has 26 heavy (non-hydrogen) atoms. The van der Waals surface area contributed by atoms with Crippen molar-refractivity contribution in [3.63, 3.8) is 0 Å². The van der Waals surface area contributed by atoms with E-state index in [-0.39, 0.29) is 5.69 Å². The Bertz CT molecular complexity index is 936. The lowest BCUT2D eigenvalue weighted by molar-refractivity contribution is 0.355. The van der Waals surface area contributed by atoms with Crippen LogP contribution < -0.4 is 14.8 Å². The molecule has 2 heterocycles. The molecule has 2 aromatic heterocycles. The molecule has 3 aromatic rings. The highest BCUT2D eigenvalue weighted by molar-refractivity contribution is 5.68. The van der Waals surface area contributed by atoms with Crippen LogP contribution in [0.5, 0.6) is 11.5 Å². The highest BCUT2D eigenvalue weighted by Gasteiger charge is 2.11. The van der Waals surface area contributed by atoms with Gasteiger partial charge in [-0.1, -0.05) is 6.07 Å². The maximum Gasteiger partial charge on any atom is 0.232 e. The first kappa shape index (κ1) is 17.2. The van der Waals surface area contributed by atoms with Gasteiger partial charge in [-0.2, -0.15) is 10.2 Å². The number of hydrogen-bond donors (Lipinski definition) is 1. The van der Waals surface area contributed by atoms with Gasteiger partial charge in [0.2, 0.25) is 17.5 Å². The average molecular weight is 351 g/mol. The number of oxazole rings is 1. The fraction of sp³-hybridized carbons (Fsp3) is 0.158. The summed E-state index contributed by atoms with van der Waals surface area (Å²) in [6.45, 7) is 0.399. The normalized spacial score (nSPS) is 10.7. The van der Waals surface area contributed by atoms with Gasteiger partial charge in [0.1, 0.15) is 11.8 Å². The van der Waals surface area contributed by atoms with Crippen LogP contribution in [0.4, 0.5) is 5.88 Å². The summed E-state index contributed by atoms with van der Waals surface area (Å²) in [5, 5.41) is 12.2.